The van der Waals surface area contributed by atoms with Crippen LogP contribution in [0.25, 0.3) is 6.08 Å². The Hall–Kier alpha value is -2.27. The third-order valence-electron chi connectivity index (χ3n) is 2.54. The second kappa shape index (κ2) is 6.25. The van der Waals surface area contributed by atoms with Crippen LogP contribution in [0.4, 0.5) is 0 Å². The van der Waals surface area contributed by atoms with Crippen molar-refractivity contribution in [3.63, 3.8) is 0 Å². The monoisotopic (exact) mass is 292 g/mol. The van der Waals surface area contributed by atoms with Crippen molar-refractivity contribution < 1.29 is 14.6 Å². The fourth-order valence-corrected chi connectivity index (χ4v) is 1.75. The van der Waals surface area contributed by atoms with Gasteiger partial charge in [-0.1, -0.05) is 11.6 Å². The molecule has 2 aromatic rings. The maximum Gasteiger partial charge on any atom is 0.328 e. The molecule has 1 aromatic heterocycles. The van der Waals surface area contributed by atoms with Gasteiger partial charge in [0.25, 0.3) is 0 Å². The number of aromatic nitrogens is 2. The lowest BCUT2D eigenvalue weighted by Crippen LogP contribution is -1.92. The molecular formula is C14H13ClN2O3. The number of aryl methyl sites for hydroxylation is 1. The molecule has 2 rings (SSSR count). The number of hydrogen-bond donors (Lipinski definition) is 1. The number of carboxylic acids is 1. The smallest absolute Gasteiger partial charge is 0.328 e. The Morgan fingerprint density at radius 1 is 1.55 bits per heavy atom. The SMILES string of the molecule is CCn1cc(Oc2cc(Cl)ccc2/C=C/C(=O)O)cn1. The van der Waals surface area contributed by atoms with Gasteiger partial charge in [-0.15, -0.1) is 0 Å². The normalized spacial score (nSPS) is 10.9. The van der Waals surface area contributed by atoms with Gasteiger partial charge in [-0.3, -0.25) is 4.68 Å². The molecule has 0 aliphatic rings. The summed E-state index contributed by atoms with van der Waals surface area (Å²) in [5.41, 5.74) is 0.626. The van der Waals surface area contributed by atoms with Gasteiger partial charge in [0.1, 0.15) is 5.75 Å². The van der Waals surface area contributed by atoms with E-state index in [2.05, 4.69) is 5.10 Å². The third-order valence-corrected chi connectivity index (χ3v) is 2.78. The molecule has 20 heavy (non-hydrogen) atoms. The third kappa shape index (κ3) is 3.61. The average Bonchev–Trinajstić information content (AvgIpc) is 2.85. The first-order valence-corrected chi connectivity index (χ1v) is 6.37. The van der Waals surface area contributed by atoms with Crippen LogP contribution in [0.15, 0.2) is 36.7 Å². The van der Waals surface area contributed by atoms with Gasteiger partial charge >= 0.3 is 5.97 Å². The average molecular weight is 293 g/mol. The molecule has 0 atom stereocenters. The predicted molar refractivity (Wildman–Crippen MR) is 76.1 cm³/mol. The first kappa shape index (κ1) is 14.1. The Morgan fingerprint density at radius 2 is 2.35 bits per heavy atom. The molecule has 0 bridgehead atoms. The highest BCUT2D eigenvalue weighted by Crippen LogP contribution is 2.29. The topological polar surface area (TPSA) is 64.3 Å². The molecular weight excluding hydrogens is 280 g/mol. The molecule has 0 saturated carbocycles. The molecule has 0 aliphatic carbocycles. The van der Waals surface area contributed by atoms with Crippen molar-refractivity contribution in [1.82, 2.24) is 9.78 Å². The lowest BCUT2D eigenvalue weighted by molar-refractivity contribution is -0.131. The molecule has 0 aliphatic heterocycles. The van der Waals surface area contributed by atoms with Gasteiger partial charge in [0.15, 0.2) is 5.75 Å². The van der Waals surface area contributed by atoms with Gasteiger partial charge in [-0.2, -0.15) is 5.10 Å². The molecule has 0 spiro atoms. The molecule has 0 unspecified atom stereocenters. The van der Waals surface area contributed by atoms with Crippen molar-refractivity contribution in [2.24, 2.45) is 0 Å². The number of aliphatic carboxylic acids is 1. The van der Waals surface area contributed by atoms with E-state index in [-0.39, 0.29) is 0 Å². The van der Waals surface area contributed by atoms with E-state index in [0.717, 1.165) is 12.6 Å². The van der Waals surface area contributed by atoms with E-state index in [1.54, 1.807) is 35.3 Å². The largest absolute Gasteiger partial charge is 0.478 e. The van der Waals surface area contributed by atoms with Crippen LogP contribution in [0, 0.1) is 0 Å². The van der Waals surface area contributed by atoms with Gasteiger partial charge in [-0.05, 0) is 25.1 Å². The van der Waals surface area contributed by atoms with Gasteiger partial charge in [0, 0.05) is 29.3 Å². The summed E-state index contributed by atoms with van der Waals surface area (Å²) in [5.74, 6) is 0.0226. The molecule has 6 heteroatoms. The molecule has 0 amide bonds. The van der Waals surface area contributed by atoms with Crippen LogP contribution in [0.5, 0.6) is 11.5 Å². The minimum absolute atomic E-state index is 0.477. The van der Waals surface area contributed by atoms with Crippen molar-refractivity contribution in [3.05, 3.63) is 47.3 Å². The highest BCUT2D eigenvalue weighted by molar-refractivity contribution is 6.30. The lowest BCUT2D eigenvalue weighted by Gasteiger charge is -2.07. The fraction of sp³-hybridized carbons (Fsp3) is 0.143. The second-order valence-corrected chi connectivity index (χ2v) is 4.42. The highest BCUT2D eigenvalue weighted by Gasteiger charge is 2.06. The zero-order valence-corrected chi connectivity index (χ0v) is 11.5. The summed E-state index contributed by atoms with van der Waals surface area (Å²) in [6.07, 6.45) is 5.85. The summed E-state index contributed by atoms with van der Waals surface area (Å²) in [6.45, 7) is 2.71. The van der Waals surface area contributed by atoms with Crippen molar-refractivity contribution >= 4 is 23.6 Å². The second-order valence-electron chi connectivity index (χ2n) is 3.99. The van der Waals surface area contributed by atoms with E-state index >= 15 is 0 Å². The van der Waals surface area contributed by atoms with Crippen molar-refractivity contribution in [1.29, 1.82) is 0 Å². The van der Waals surface area contributed by atoms with E-state index in [0.29, 0.717) is 22.1 Å². The summed E-state index contributed by atoms with van der Waals surface area (Å²) in [7, 11) is 0. The van der Waals surface area contributed by atoms with E-state index in [1.807, 2.05) is 6.92 Å². The molecule has 1 aromatic carbocycles. The van der Waals surface area contributed by atoms with E-state index in [1.165, 1.54) is 6.08 Å². The Labute approximate surface area is 121 Å². The Morgan fingerprint density at radius 3 is 3.00 bits per heavy atom. The number of hydrogen-bond acceptors (Lipinski definition) is 3. The minimum Gasteiger partial charge on any atom is -0.478 e. The Kier molecular flexibility index (Phi) is 4.42. The Bertz CT molecular complexity index is 650. The summed E-state index contributed by atoms with van der Waals surface area (Å²) < 4.78 is 7.42. The first-order valence-electron chi connectivity index (χ1n) is 5.99. The standard InChI is InChI=1S/C14H13ClN2O3/c1-2-17-9-12(8-16-17)20-13-7-11(15)5-3-10(13)4-6-14(18)19/h3-9H,2H2,1H3,(H,18,19)/b6-4+. The van der Waals surface area contributed by atoms with Crippen molar-refractivity contribution in [3.8, 4) is 11.5 Å². The van der Waals surface area contributed by atoms with Gasteiger partial charge in [0.2, 0.25) is 0 Å². The molecule has 1 heterocycles. The molecule has 0 radical (unpaired) electrons. The summed E-state index contributed by atoms with van der Waals surface area (Å²) in [6, 6.07) is 5.00. The number of rotatable bonds is 5. The van der Waals surface area contributed by atoms with Crippen LogP contribution < -0.4 is 4.74 Å². The van der Waals surface area contributed by atoms with Gasteiger partial charge in [0.05, 0.1) is 12.4 Å². The van der Waals surface area contributed by atoms with E-state index < -0.39 is 5.97 Å². The van der Waals surface area contributed by atoms with Crippen molar-refractivity contribution in [2.45, 2.75) is 13.5 Å². The van der Waals surface area contributed by atoms with Crippen LogP contribution >= 0.6 is 11.6 Å². The number of carboxylic acid groups (broad SMARTS) is 1. The lowest BCUT2D eigenvalue weighted by atomic mass is 10.2. The molecule has 5 nitrogen and oxygen atoms in total. The van der Waals surface area contributed by atoms with Crippen LogP contribution in [0.2, 0.25) is 5.02 Å². The van der Waals surface area contributed by atoms with Crippen LogP contribution in [-0.4, -0.2) is 20.9 Å². The summed E-state index contributed by atoms with van der Waals surface area (Å²) in [5, 5.41) is 13.3. The summed E-state index contributed by atoms with van der Waals surface area (Å²) >= 11 is 5.94. The predicted octanol–water partition coefficient (Wildman–Crippen LogP) is 3.45. The van der Waals surface area contributed by atoms with E-state index in [4.69, 9.17) is 21.4 Å². The molecule has 1 N–H and O–H groups in total. The van der Waals surface area contributed by atoms with Crippen molar-refractivity contribution in [2.75, 3.05) is 0 Å². The Balaban J connectivity index is 2.29. The first-order chi connectivity index (χ1) is 9.58. The minimum atomic E-state index is -1.02. The molecule has 0 fully saturated rings. The quantitative estimate of drug-likeness (QED) is 0.857. The zero-order chi connectivity index (χ0) is 14.5. The van der Waals surface area contributed by atoms with Gasteiger partial charge < -0.3 is 9.84 Å². The molecule has 0 saturated heterocycles. The van der Waals surface area contributed by atoms with E-state index in [9.17, 15) is 4.79 Å². The van der Waals surface area contributed by atoms with Crippen LogP contribution in [0.1, 0.15) is 12.5 Å². The van der Waals surface area contributed by atoms with Gasteiger partial charge in [-0.25, -0.2) is 4.79 Å². The van der Waals surface area contributed by atoms with Crippen LogP contribution in [-0.2, 0) is 11.3 Å². The number of carbonyl (C=O) groups is 1. The summed E-state index contributed by atoms with van der Waals surface area (Å²) in [4.78, 5) is 10.6. The number of nitrogens with zero attached hydrogens (tertiary/aromatic N) is 2. The van der Waals surface area contributed by atoms with Crippen LogP contribution in [0.3, 0.4) is 0 Å². The maximum atomic E-state index is 10.6. The zero-order valence-electron chi connectivity index (χ0n) is 10.8. The fourth-order valence-electron chi connectivity index (χ4n) is 1.59. The number of halogens is 1. The molecule has 104 valence electrons. The highest BCUT2D eigenvalue weighted by atomic mass is 35.5. The number of benzene rings is 1. The maximum absolute atomic E-state index is 10.6. The number of ether oxygens (including phenoxy) is 1.